The predicted molar refractivity (Wildman–Crippen MR) is 125 cm³/mol. The third-order valence-electron chi connectivity index (χ3n) is 5.59. The zero-order valence-corrected chi connectivity index (χ0v) is 17.9. The van der Waals surface area contributed by atoms with Gasteiger partial charge in [0.1, 0.15) is 6.61 Å². The summed E-state index contributed by atoms with van der Waals surface area (Å²) < 4.78 is 5.67. The number of ether oxygens (including phenoxy) is 1. The lowest BCUT2D eigenvalue weighted by Crippen LogP contribution is -2.47. The number of carbonyl (C=O) groups excluding carboxylic acids is 2. The summed E-state index contributed by atoms with van der Waals surface area (Å²) in [5.74, 6) is -0.500. The Morgan fingerprint density at radius 2 is 1.53 bits per heavy atom. The Balaban J connectivity index is 1.56. The minimum absolute atomic E-state index is 0.0452. The molecular formula is C27H26N2O3. The lowest BCUT2D eigenvalue weighted by molar-refractivity contribution is -0.130. The Kier molecular flexibility index (Phi) is 6.66. The van der Waals surface area contributed by atoms with Gasteiger partial charge in [-0.2, -0.15) is 0 Å². The van der Waals surface area contributed by atoms with Crippen LogP contribution in [0.5, 0.6) is 0 Å². The van der Waals surface area contributed by atoms with Gasteiger partial charge in [0.25, 0.3) is 0 Å². The largest absolute Gasteiger partial charge is 0.460 e. The molecule has 1 amide bonds. The maximum atomic E-state index is 12.9. The minimum atomic E-state index is -0.406. The molecule has 4 rings (SSSR count). The molecule has 0 fully saturated rings. The third-order valence-corrected chi connectivity index (χ3v) is 5.59. The Hall–Kier alpha value is -3.86. The Morgan fingerprint density at radius 1 is 0.938 bits per heavy atom. The molecule has 0 spiro atoms. The number of hydrogen-bond acceptors (Lipinski definition) is 4. The zero-order valence-electron chi connectivity index (χ0n) is 17.9. The molecule has 1 aliphatic heterocycles. The second-order valence-electron chi connectivity index (χ2n) is 7.79. The van der Waals surface area contributed by atoms with Crippen LogP contribution in [0.2, 0.25) is 0 Å². The van der Waals surface area contributed by atoms with Crippen molar-refractivity contribution in [2.75, 3.05) is 11.9 Å². The van der Waals surface area contributed by atoms with Gasteiger partial charge in [-0.05, 0) is 36.8 Å². The van der Waals surface area contributed by atoms with E-state index < -0.39 is 12.0 Å². The van der Waals surface area contributed by atoms with Crippen molar-refractivity contribution in [3.63, 3.8) is 0 Å². The van der Waals surface area contributed by atoms with E-state index in [1.165, 1.54) is 0 Å². The van der Waals surface area contributed by atoms with Gasteiger partial charge in [0.15, 0.2) is 0 Å². The van der Waals surface area contributed by atoms with Crippen LogP contribution in [0.3, 0.4) is 0 Å². The van der Waals surface area contributed by atoms with Gasteiger partial charge in [-0.25, -0.2) is 4.79 Å². The number of carbonyl (C=O) groups is 2. The standard InChI is InChI=1S/C27H26N2O3/c1-20(28-23-15-9-4-10-16-23)24-17-18-26(30)29(24)25(21-11-5-2-6-12-21)19-32-27(31)22-13-7-3-8-14-22/h2-18,20,24-25,28H,19H2,1H3/t20-,24-,25+/m1/s1. The molecule has 0 aromatic heterocycles. The molecule has 1 N–H and O–H groups in total. The van der Waals surface area contributed by atoms with Crippen LogP contribution in [-0.4, -0.2) is 35.5 Å². The van der Waals surface area contributed by atoms with Gasteiger partial charge in [-0.3, -0.25) is 4.79 Å². The van der Waals surface area contributed by atoms with Crippen LogP contribution >= 0.6 is 0 Å². The van der Waals surface area contributed by atoms with Gasteiger partial charge >= 0.3 is 5.97 Å². The lowest BCUT2D eigenvalue weighted by atomic mass is 10.0. The van der Waals surface area contributed by atoms with Crippen LogP contribution in [0.1, 0.15) is 28.9 Å². The minimum Gasteiger partial charge on any atom is -0.460 e. The Labute approximate surface area is 188 Å². The van der Waals surface area contributed by atoms with E-state index in [4.69, 9.17) is 4.74 Å². The van der Waals surface area contributed by atoms with E-state index in [0.717, 1.165) is 11.3 Å². The van der Waals surface area contributed by atoms with Crippen LogP contribution < -0.4 is 5.32 Å². The first-order valence-corrected chi connectivity index (χ1v) is 10.7. The van der Waals surface area contributed by atoms with Gasteiger partial charge < -0.3 is 15.0 Å². The van der Waals surface area contributed by atoms with Crippen LogP contribution in [0.4, 0.5) is 5.69 Å². The highest BCUT2D eigenvalue weighted by Gasteiger charge is 2.37. The summed E-state index contributed by atoms with van der Waals surface area (Å²) in [6.07, 6.45) is 3.51. The predicted octanol–water partition coefficient (Wildman–Crippen LogP) is 4.85. The number of para-hydroxylation sites is 1. The molecule has 0 saturated carbocycles. The van der Waals surface area contributed by atoms with Gasteiger partial charge in [0.2, 0.25) is 5.91 Å². The number of benzene rings is 3. The zero-order chi connectivity index (χ0) is 22.3. The van der Waals surface area contributed by atoms with Crippen molar-refractivity contribution in [1.82, 2.24) is 4.90 Å². The van der Waals surface area contributed by atoms with Crippen LogP contribution in [-0.2, 0) is 9.53 Å². The molecule has 1 heterocycles. The normalized spacial score (nSPS) is 17.1. The summed E-state index contributed by atoms with van der Waals surface area (Å²) in [4.78, 5) is 27.3. The first-order valence-electron chi connectivity index (χ1n) is 10.7. The second kappa shape index (κ2) is 9.96. The fourth-order valence-electron chi connectivity index (χ4n) is 3.98. The van der Waals surface area contributed by atoms with Gasteiger partial charge in [-0.1, -0.05) is 72.8 Å². The highest BCUT2D eigenvalue weighted by molar-refractivity contribution is 5.91. The number of hydrogen-bond donors (Lipinski definition) is 1. The van der Waals surface area contributed by atoms with E-state index in [1.54, 1.807) is 35.2 Å². The first kappa shape index (κ1) is 21.4. The van der Waals surface area contributed by atoms with E-state index in [1.807, 2.05) is 79.7 Å². The van der Waals surface area contributed by atoms with Crippen molar-refractivity contribution < 1.29 is 14.3 Å². The maximum absolute atomic E-state index is 12.9. The first-order chi connectivity index (χ1) is 15.6. The van der Waals surface area contributed by atoms with Crippen LogP contribution in [0.15, 0.2) is 103 Å². The molecule has 3 atom stereocenters. The highest BCUT2D eigenvalue weighted by atomic mass is 16.5. The highest BCUT2D eigenvalue weighted by Crippen LogP contribution is 2.30. The molecule has 0 saturated heterocycles. The lowest BCUT2D eigenvalue weighted by Gasteiger charge is -2.36. The molecule has 3 aromatic carbocycles. The van der Waals surface area contributed by atoms with Crippen molar-refractivity contribution in [2.24, 2.45) is 0 Å². The monoisotopic (exact) mass is 426 g/mol. The summed E-state index contributed by atoms with van der Waals surface area (Å²) in [7, 11) is 0. The Bertz CT molecular complexity index is 1070. The van der Waals surface area contributed by atoms with E-state index >= 15 is 0 Å². The second-order valence-corrected chi connectivity index (χ2v) is 7.79. The molecule has 0 radical (unpaired) electrons. The van der Waals surface area contributed by atoms with Gasteiger partial charge in [0.05, 0.1) is 17.6 Å². The van der Waals surface area contributed by atoms with Crippen molar-refractivity contribution in [3.8, 4) is 0 Å². The molecule has 5 heteroatoms. The number of nitrogens with one attached hydrogen (secondary N) is 1. The quantitative estimate of drug-likeness (QED) is 0.523. The topological polar surface area (TPSA) is 58.6 Å². The van der Waals surface area contributed by atoms with E-state index in [2.05, 4.69) is 5.32 Å². The maximum Gasteiger partial charge on any atom is 0.338 e. The van der Waals surface area contributed by atoms with Crippen molar-refractivity contribution in [1.29, 1.82) is 0 Å². The van der Waals surface area contributed by atoms with Crippen LogP contribution in [0, 0.1) is 0 Å². The van der Waals surface area contributed by atoms with Gasteiger partial charge in [-0.15, -0.1) is 0 Å². The number of anilines is 1. The summed E-state index contributed by atoms with van der Waals surface area (Å²) in [6, 6.07) is 27.8. The third kappa shape index (κ3) is 4.89. The van der Waals surface area contributed by atoms with Crippen molar-refractivity contribution in [3.05, 3.63) is 114 Å². The average Bonchev–Trinajstić information content (AvgIpc) is 3.22. The van der Waals surface area contributed by atoms with E-state index in [0.29, 0.717) is 5.56 Å². The molecule has 0 bridgehead atoms. The molecule has 0 unspecified atom stereocenters. The molecule has 162 valence electrons. The number of nitrogens with zero attached hydrogens (tertiary/aromatic N) is 1. The molecule has 1 aliphatic rings. The number of esters is 1. The summed E-state index contributed by atoms with van der Waals surface area (Å²) in [5, 5.41) is 3.48. The van der Waals surface area contributed by atoms with Crippen molar-refractivity contribution >= 4 is 17.6 Å². The summed E-state index contributed by atoms with van der Waals surface area (Å²) >= 11 is 0. The molecule has 32 heavy (non-hydrogen) atoms. The molecule has 5 nitrogen and oxygen atoms in total. The van der Waals surface area contributed by atoms with E-state index in [-0.39, 0.29) is 24.6 Å². The Morgan fingerprint density at radius 3 is 2.19 bits per heavy atom. The summed E-state index contributed by atoms with van der Waals surface area (Å²) in [6.45, 7) is 2.12. The van der Waals surface area contributed by atoms with E-state index in [9.17, 15) is 9.59 Å². The van der Waals surface area contributed by atoms with Crippen LogP contribution in [0.25, 0.3) is 0 Å². The van der Waals surface area contributed by atoms with Gasteiger partial charge in [0, 0.05) is 17.8 Å². The smallest absolute Gasteiger partial charge is 0.338 e. The molecule has 0 aliphatic carbocycles. The summed E-state index contributed by atoms with van der Waals surface area (Å²) in [5.41, 5.74) is 2.39. The fourth-order valence-corrected chi connectivity index (χ4v) is 3.98. The molecular weight excluding hydrogens is 400 g/mol. The average molecular weight is 427 g/mol. The van der Waals surface area contributed by atoms with Crippen molar-refractivity contribution in [2.45, 2.75) is 25.0 Å². The molecule has 3 aromatic rings. The SMILES string of the molecule is C[C@@H](Nc1ccccc1)[C@H]1C=CC(=O)N1[C@@H](COC(=O)c1ccccc1)c1ccccc1. The number of amides is 1. The number of rotatable bonds is 8. The fraction of sp³-hybridized carbons (Fsp3) is 0.185.